The number of rotatable bonds is 4. The molecule has 1 aromatic carbocycles. The highest BCUT2D eigenvalue weighted by molar-refractivity contribution is 5.79. The lowest BCUT2D eigenvalue weighted by molar-refractivity contribution is -0.133. The third-order valence-corrected chi connectivity index (χ3v) is 3.90. The fraction of sp³-hybridized carbons (Fsp3) is 0.353. The molecular formula is C17H17F2N3O2. The van der Waals surface area contributed by atoms with Crippen molar-refractivity contribution in [3.8, 4) is 6.01 Å². The van der Waals surface area contributed by atoms with Crippen LogP contribution in [0.15, 0.2) is 36.7 Å². The number of hydrogen-bond acceptors (Lipinski definition) is 4. The molecule has 126 valence electrons. The summed E-state index contributed by atoms with van der Waals surface area (Å²) in [7, 11) is 0. The van der Waals surface area contributed by atoms with Crippen molar-refractivity contribution in [2.45, 2.75) is 25.4 Å². The Morgan fingerprint density at radius 2 is 2.00 bits per heavy atom. The summed E-state index contributed by atoms with van der Waals surface area (Å²) < 4.78 is 32.1. The predicted octanol–water partition coefficient (Wildman–Crippen LogP) is 2.37. The monoisotopic (exact) mass is 333 g/mol. The normalized spacial score (nSPS) is 17.6. The van der Waals surface area contributed by atoms with E-state index < -0.39 is 5.82 Å². The summed E-state index contributed by atoms with van der Waals surface area (Å²) in [4.78, 5) is 21.6. The summed E-state index contributed by atoms with van der Waals surface area (Å²) in [5.41, 5.74) is 0.382. The Morgan fingerprint density at radius 3 is 2.75 bits per heavy atom. The Hall–Kier alpha value is -2.57. The van der Waals surface area contributed by atoms with Gasteiger partial charge in [0.15, 0.2) is 5.82 Å². The molecule has 0 bridgehead atoms. The van der Waals surface area contributed by atoms with Crippen molar-refractivity contribution in [1.29, 1.82) is 0 Å². The van der Waals surface area contributed by atoms with Crippen molar-refractivity contribution in [3.63, 3.8) is 0 Å². The van der Waals surface area contributed by atoms with Gasteiger partial charge in [-0.05, 0) is 24.5 Å². The van der Waals surface area contributed by atoms with Gasteiger partial charge in [-0.2, -0.15) is 0 Å². The molecule has 2 heterocycles. The Kier molecular flexibility index (Phi) is 4.98. The molecule has 1 aromatic heterocycles. The zero-order chi connectivity index (χ0) is 16.9. The molecule has 1 saturated heterocycles. The molecule has 5 nitrogen and oxygen atoms in total. The number of halogens is 2. The van der Waals surface area contributed by atoms with E-state index in [1.54, 1.807) is 23.1 Å². The van der Waals surface area contributed by atoms with Gasteiger partial charge < -0.3 is 9.64 Å². The Balaban J connectivity index is 1.59. The van der Waals surface area contributed by atoms with Crippen LogP contribution in [0.25, 0.3) is 0 Å². The molecule has 1 fully saturated rings. The van der Waals surface area contributed by atoms with Gasteiger partial charge in [-0.25, -0.2) is 18.7 Å². The third kappa shape index (κ3) is 4.04. The number of nitrogens with zero attached hydrogens (tertiary/aromatic N) is 3. The minimum absolute atomic E-state index is 0.0203. The minimum Gasteiger partial charge on any atom is -0.458 e. The number of aromatic nitrogens is 2. The zero-order valence-electron chi connectivity index (χ0n) is 13.0. The Bertz CT molecular complexity index is 709. The zero-order valence-corrected chi connectivity index (χ0v) is 13.0. The maximum atomic E-state index is 13.7. The topological polar surface area (TPSA) is 55.3 Å². The molecule has 2 aromatic rings. The van der Waals surface area contributed by atoms with Crippen LogP contribution in [0, 0.1) is 11.6 Å². The average Bonchev–Trinajstić information content (AvgIpc) is 2.59. The minimum atomic E-state index is -0.535. The average molecular weight is 333 g/mol. The van der Waals surface area contributed by atoms with Crippen LogP contribution < -0.4 is 4.74 Å². The standard InChI is InChI=1S/C17H17F2N3O2/c18-13-9-20-17(21-10-13)24-14-5-3-7-22(11-14)16(23)8-12-4-1-2-6-15(12)19/h1-2,4,6,9-10,14H,3,5,7-8,11H2/t14-/m1/s1. The molecule has 1 amide bonds. The Labute approximate surface area is 138 Å². The van der Waals surface area contributed by atoms with Crippen LogP contribution in [0.1, 0.15) is 18.4 Å². The summed E-state index contributed by atoms with van der Waals surface area (Å²) in [5, 5.41) is 0. The van der Waals surface area contributed by atoms with Gasteiger partial charge in [-0.15, -0.1) is 0 Å². The smallest absolute Gasteiger partial charge is 0.316 e. The molecule has 1 atom stereocenters. The second-order valence-electron chi connectivity index (χ2n) is 5.67. The van der Waals surface area contributed by atoms with Crippen LogP contribution in [-0.4, -0.2) is 40.0 Å². The van der Waals surface area contributed by atoms with E-state index in [4.69, 9.17) is 4.74 Å². The lowest BCUT2D eigenvalue weighted by Gasteiger charge is -2.32. The van der Waals surface area contributed by atoms with Gasteiger partial charge in [0.05, 0.1) is 25.4 Å². The molecular weight excluding hydrogens is 316 g/mol. The van der Waals surface area contributed by atoms with Gasteiger partial charge in [-0.1, -0.05) is 18.2 Å². The molecule has 24 heavy (non-hydrogen) atoms. The van der Waals surface area contributed by atoms with Gasteiger partial charge in [0.1, 0.15) is 11.9 Å². The second-order valence-corrected chi connectivity index (χ2v) is 5.67. The first-order valence-electron chi connectivity index (χ1n) is 7.77. The summed E-state index contributed by atoms with van der Waals surface area (Å²) in [5.74, 6) is -1.06. The molecule has 7 heteroatoms. The van der Waals surface area contributed by atoms with Crippen molar-refractivity contribution in [2.75, 3.05) is 13.1 Å². The highest BCUT2D eigenvalue weighted by Crippen LogP contribution is 2.17. The lowest BCUT2D eigenvalue weighted by Crippen LogP contribution is -2.45. The molecule has 0 unspecified atom stereocenters. The van der Waals surface area contributed by atoms with E-state index in [-0.39, 0.29) is 30.3 Å². The number of carbonyl (C=O) groups is 1. The van der Waals surface area contributed by atoms with Crippen molar-refractivity contribution in [2.24, 2.45) is 0 Å². The van der Waals surface area contributed by atoms with Gasteiger partial charge in [0.25, 0.3) is 0 Å². The first-order chi connectivity index (χ1) is 11.6. The fourth-order valence-corrected chi connectivity index (χ4v) is 2.69. The largest absolute Gasteiger partial charge is 0.458 e. The Morgan fingerprint density at radius 1 is 1.25 bits per heavy atom. The summed E-state index contributed by atoms with van der Waals surface area (Å²) in [6, 6.07) is 6.34. The van der Waals surface area contributed by atoms with Gasteiger partial charge >= 0.3 is 6.01 Å². The number of benzene rings is 1. The van der Waals surface area contributed by atoms with Gasteiger partial charge in [-0.3, -0.25) is 4.79 Å². The van der Waals surface area contributed by atoms with Gasteiger partial charge in [0.2, 0.25) is 5.91 Å². The molecule has 0 aliphatic carbocycles. The molecule has 0 N–H and O–H groups in total. The van der Waals surface area contributed by atoms with E-state index in [1.807, 2.05) is 0 Å². The molecule has 0 radical (unpaired) electrons. The van der Waals surface area contributed by atoms with E-state index in [2.05, 4.69) is 9.97 Å². The summed E-state index contributed by atoms with van der Waals surface area (Å²) in [6.07, 6.45) is 3.36. The number of hydrogen-bond donors (Lipinski definition) is 0. The summed E-state index contributed by atoms with van der Waals surface area (Å²) in [6.45, 7) is 0.992. The predicted molar refractivity (Wildman–Crippen MR) is 82.3 cm³/mol. The van der Waals surface area contributed by atoms with E-state index in [1.165, 1.54) is 6.07 Å². The van der Waals surface area contributed by atoms with E-state index in [9.17, 15) is 13.6 Å². The van der Waals surface area contributed by atoms with Crippen LogP contribution in [0.3, 0.4) is 0 Å². The fourth-order valence-electron chi connectivity index (χ4n) is 2.69. The number of ether oxygens (including phenoxy) is 1. The van der Waals surface area contributed by atoms with Crippen LogP contribution in [0.2, 0.25) is 0 Å². The number of carbonyl (C=O) groups excluding carboxylic acids is 1. The van der Waals surface area contributed by atoms with Crippen LogP contribution in [0.5, 0.6) is 6.01 Å². The lowest BCUT2D eigenvalue weighted by atomic mass is 10.1. The van der Waals surface area contributed by atoms with Crippen molar-refractivity contribution in [1.82, 2.24) is 14.9 Å². The molecule has 0 saturated carbocycles. The number of amides is 1. The number of piperidine rings is 1. The van der Waals surface area contributed by atoms with Crippen LogP contribution >= 0.6 is 0 Å². The summed E-state index contributed by atoms with van der Waals surface area (Å²) >= 11 is 0. The van der Waals surface area contributed by atoms with Crippen molar-refractivity contribution in [3.05, 3.63) is 53.9 Å². The van der Waals surface area contributed by atoms with Gasteiger partial charge in [0, 0.05) is 6.54 Å². The van der Waals surface area contributed by atoms with Crippen molar-refractivity contribution < 1.29 is 18.3 Å². The maximum Gasteiger partial charge on any atom is 0.316 e. The van der Waals surface area contributed by atoms with Crippen molar-refractivity contribution >= 4 is 5.91 Å². The second kappa shape index (κ2) is 7.33. The molecule has 3 rings (SSSR count). The van der Waals surface area contributed by atoms with E-state index in [0.29, 0.717) is 18.7 Å². The highest BCUT2D eigenvalue weighted by Gasteiger charge is 2.26. The van der Waals surface area contributed by atoms with E-state index >= 15 is 0 Å². The first kappa shape index (κ1) is 16.3. The maximum absolute atomic E-state index is 13.7. The highest BCUT2D eigenvalue weighted by atomic mass is 19.1. The molecule has 1 aliphatic rings. The van der Waals surface area contributed by atoms with Crippen LogP contribution in [-0.2, 0) is 11.2 Å². The third-order valence-electron chi connectivity index (χ3n) is 3.90. The quantitative estimate of drug-likeness (QED) is 0.862. The molecule has 0 spiro atoms. The first-order valence-corrected chi connectivity index (χ1v) is 7.77. The van der Waals surface area contributed by atoms with Crippen LogP contribution in [0.4, 0.5) is 8.78 Å². The number of likely N-dealkylation sites (tertiary alicyclic amines) is 1. The van der Waals surface area contributed by atoms with E-state index in [0.717, 1.165) is 25.2 Å². The molecule has 1 aliphatic heterocycles. The SMILES string of the molecule is O=C(Cc1ccccc1F)N1CCC[C@@H](Oc2ncc(F)cn2)C1.